The van der Waals surface area contributed by atoms with E-state index in [0.717, 1.165) is 24.8 Å². The first-order chi connectivity index (χ1) is 7.74. The smallest absolute Gasteiger partial charge is 0.0695 e. The number of aliphatic hydroxyl groups is 1. The largest absolute Gasteiger partial charge is 0.391 e. The van der Waals surface area contributed by atoms with Crippen LogP contribution in [-0.2, 0) is 0 Å². The predicted molar refractivity (Wildman–Crippen MR) is 67.4 cm³/mol. The Morgan fingerprint density at radius 1 is 1.06 bits per heavy atom. The lowest BCUT2D eigenvalue weighted by Crippen LogP contribution is -2.48. The predicted octanol–water partition coefficient (Wildman–Crippen LogP) is 2.66. The van der Waals surface area contributed by atoms with Crippen LogP contribution in [0.1, 0.15) is 52.4 Å². The minimum absolute atomic E-state index is 0.0681. The van der Waals surface area contributed by atoms with Crippen LogP contribution in [-0.4, -0.2) is 35.2 Å². The normalized spacial score (nSPS) is 35.6. The van der Waals surface area contributed by atoms with Crippen molar-refractivity contribution in [3.8, 4) is 0 Å². The standard InChI is InChI=1S/C14H27NO/c1-3-11-7-8-14(16)13(9-11)15(4-2)10-12-5-6-12/h11-14,16H,3-10H2,1-2H3. The maximum absolute atomic E-state index is 10.2. The summed E-state index contributed by atoms with van der Waals surface area (Å²) in [6.45, 7) is 6.87. The van der Waals surface area contributed by atoms with Crippen molar-refractivity contribution in [2.24, 2.45) is 11.8 Å². The lowest BCUT2D eigenvalue weighted by molar-refractivity contribution is 0.00260. The number of rotatable bonds is 5. The van der Waals surface area contributed by atoms with Crippen molar-refractivity contribution in [2.45, 2.75) is 64.5 Å². The van der Waals surface area contributed by atoms with Gasteiger partial charge in [0.25, 0.3) is 0 Å². The zero-order chi connectivity index (χ0) is 11.5. The molecule has 0 saturated heterocycles. The van der Waals surface area contributed by atoms with Crippen LogP contribution in [0.5, 0.6) is 0 Å². The van der Waals surface area contributed by atoms with Crippen LogP contribution in [0.3, 0.4) is 0 Å². The molecule has 2 aliphatic carbocycles. The second-order valence-corrected chi connectivity index (χ2v) is 5.75. The first kappa shape index (κ1) is 12.4. The van der Waals surface area contributed by atoms with Crippen LogP contribution >= 0.6 is 0 Å². The fourth-order valence-corrected chi connectivity index (χ4v) is 3.11. The summed E-state index contributed by atoms with van der Waals surface area (Å²) in [5.74, 6) is 1.79. The first-order valence-corrected chi connectivity index (χ1v) is 7.16. The summed E-state index contributed by atoms with van der Waals surface area (Å²) in [5.41, 5.74) is 0. The maximum Gasteiger partial charge on any atom is 0.0695 e. The third-order valence-corrected chi connectivity index (χ3v) is 4.53. The fraction of sp³-hybridized carbons (Fsp3) is 1.00. The van der Waals surface area contributed by atoms with Crippen LogP contribution in [0, 0.1) is 11.8 Å². The molecule has 1 N–H and O–H groups in total. The van der Waals surface area contributed by atoms with Gasteiger partial charge in [0.2, 0.25) is 0 Å². The first-order valence-electron chi connectivity index (χ1n) is 7.16. The van der Waals surface area contributed by atoms with Crippen LogP contribution in [0.2, 0.25) is 0 Å². The summed E-state index contributed by atoms with van der Waals surface area (Å²) >= 11 is 0. The SMILES string of the molecule is CCC1CCC(O)C(N(CC)CC2CC2)C1. The van der Waals surface area contributed by atoms with Crippen molar-refractivity contribution in [3.63, 3.8) is 0 Å². The molecule has 0 aliphatic heterocycles. The van der Waals surface area contributed by atoms with E-state index >= 15 is 0 Å². The van der Waals surface area contributed by atoms with E-state index in [1.165, 1.54) is 38.6 Å². The van der Waals surface area contributed by atoms with E-state index in [4.69, 9.17) is 0 Å². The van der Waals surface area contributed by atoms with Crippen molar-refractivity contribution in [3.05, 3.63) is 0 Å². The highest BCUT2D eigenvalue weighted by atomic mass is 16.3. The number of aliphatic hydroxyl groups excluding tert-OH is 1. The van der Waals surface area contributed by atoms with Crippen molar-refractivity contribution < 1.29 is 5.11 Å². The summed E-state index contributed by atoms with van der Waals surface area (Å²) in [5, 5.41) is 10.2. The molecule has 2 heteroatoms. The summed E-state index contributed by atoms with van der Waals surface area (Å²) in [4.78, 5) is 2.55. The summed E-state index contributed by atoms with van der Waals surface area (Å²) in [6, 6.07) is 0.448. The molecular formula is C14H27NO. The summed E-state index contributed by atoms with van der Waals surface area (Å²) < 4.78 is 0. The van der Waals surface area contributed by atoms with E-state index in [-0.39, 0.29) is 6.10 Å². The van der Waals surface area contributed by atoms with E-state index < -0.39 is 0 Å². The van der Waals surface area contributed by atoms with Gasteiger partial charge >= 0.3 is 0 Å². The third-order valence-electron chi connectivity index (χ3n) is 4.53. The molecule has 0 aromatic rings. The van der Waals surface area contributed by atoms with Crippen molar-refractivity contribution in [2.75, 3.05) is 13.1 Å². The second-order valence-electron chi connectivity index (χ2n) is 5.75. The van der Waals surface area contributed by atoms with Gasteiger partial charge in [0.05, 0.1) is 6.10 Å². The maximum atomic E-state index is 10.2. The van der Waals surface area contributed by atoms with E-state index in [9.17, 15) is 5.11 Å². The van der Waals surface area contributed by atoms with Crippen LogP contribution in [0.25, 0.3) is 0 Å². The van der Waals surface area contributed by atoms with E-state index in [1.54, 1.807) is 0 Å². The molecule has 2 rings (SSSR count). The molecule has 94 valence electrons. The molecule has 0 spiro atoms. The molecule has 0 heterocycles. The molecule has 3 unspecified atom stereocenters. The molecule has 0 aromatic carbocycles. The van der Waals surface area contributed by atoms with Gasteiger partial charge in [-0.2, -0.15) is 0 Å². The zero-order valence-corrected chi connectivity index (χ0v) is 10.9. The molecule has 2 fully saturated rings. The van der Waals surface area contributed by atoms with Gasteiger partial charge in [-0.1, -0.05) is 20.3 Å². The van der Waals surface area contributed by atoms with Crippen LogP contribution in [0.4, 0.5) is 0 Å². The molecular weight excluding hydrogens is 198 g/mol. The molecule has 0 bridgehead atoms. The molecule has 2 nitrogen and oxygen atoms in total. The van der Waals surface area contributed by atoms with Crippen molar-refractivity contribution >= 4 is 0 Å². The quantitative estimate of drug-likeness (QED) is 0.777. The van der Waals surface area contributed by atoms with Gasteiger partial charge in [0.1, 0.15) is 0 Å². The summed E-state index contributed by atoms with van der Waals surface area (Å²) in [7, 11) is 0. The number of hydrogen-bond donors (Lipinski definition) is 1. The average Bonchev–Trinajstić information content (AvgIpc) is 3.11. The lowest BCUT2D eigenvalue weighted by Gasteiger charge is -2.40. The Morgan fingerprint density at radius 2 is 1.75 bits per heavy atom. The van der Waals surface area contributed by atoms with Gasteiger partial charge in [0.15, 0.2) is 0 Å². The minimum atomic E-state index is -0.0681. The average molecular weight is 225 g/mol. The molecule has 16 heavy (non-hydrogen) atoms. The third kappa shape index (κ3) is 2.98. The topological polar surface area (TPSA) is 23.5 Å². The molecule has 0 amide bonds. The molecule has 0 aromatic heterocycles. The van der Waals surface area contributed by atoms with Crippen LogP contribution < -0.4 is 0 Å². The van der Waals surface area contributed by atoms with Gasteiger partial charge in [-0.3, -0.25) is 4.90 Å². The van der Waals surface area contributed by atoms with Gasteiger partial charge in [-0.25, -0.2) is 0 Å². The molecule has 2 aliphatic rings. The van der Waals surface area contributed by atoms with E-state index in [2.05, 4.69) is 18.7 Å². The highest BCUT2D eigenvalue weighted by molar-refractivity contribution is 4.88. The van der Waals surface area contributed by atoms with Gasteiger partial charge in [0, 0.05) is 12.6 Å². The Bertz CT molecular complexity index is 215. The Morgan fingerprint density at radius 3 is 2.31 bits per heavy atom. The second kappa shape index (κ2) is 5.50. The van der Waals surface area contributed by atoms with Crippen molar-refractivity contribution in [1.82, 2.24) is 4.90 Å². The van der Waals surface area contributed by atoms with E-state index in [1.807, 2.05) is 0 Å². The monoisotopic (exact) mass is 225 g/mol. The Balaban J connectivity index is 1.91. The molecule has 2 saturated carbocycles. The summed E-state index contributed by atoms with van der Waals surface area (Å²) in [6.07, 6.45) is 7.51. The number of likely N-dealkylation sites (N-methyl/N-ethyl adjacent to an activating group) is 1. The highest BCUT2D eigenvalue weighted by Crippen LogP contribution is 2.34. The van der Waals surface area contributed by atoms with E-state index in [0.29, 0.717) is 6.04 Å². The van der Waals surface area contributed by atoms with Crippen molar-refractivity contribution in [1.29, 1.82) is 0 Å². The van der Waals surface area contributed by atoms with Crippen LogP contribution in [0.15, 0.2) is 0 Å². The lowest BCUT2D eigenvalue weighted by atomic mass is 9.81. The Labute approximate surface area is 100 Å². The minimum Gasteiger partial charge on any atom is -0.391 e. The van der Waals surface area contributed by atoms with Gasteiger partial charge < -0.3 is 5.11 Å². The molecule has 0 radical (unpaired) electrons. The number of nitrogens with zero attached hydrogens (tertiary/aromatic N) is 1. The zero-order valence-electron chi connectivity index (χ0n) is 10.9. The van der Waals surface area contributed by atoms with Gasteiger partial charge in [-0.05, 0) is 50.5 Å². The molecule has 3 atom stereocenters. The van der Waals surface area contributed by atoms with Gasteiger partial charge in [-0.15, -0.1) is 0 Å². The number of hydrogen-bond acceptors (Lipinski definition) is 2. The Kier molecular flexibility index (Phi) is 4.26. The highest BCUT2D eigenvalue weighted by Gasteiger charge is 2.34. The Hall–Kier alpha value is -0.0800. The fourth-order valence-electron chi connectivity index (χ4n) is 3.11.